The van der Waals surface area contributed by atoms with E-state index < -0.39 is 5.97 Å². The standard InChI is InChI=1S/C20H32O2/c1-14(2)8-6-10-16(4)18-13-12-15(3)9-7-11-17(5)19(18)20(21)22/h8-9,11,16,18-19H,6-7,10,12-13H2,1-5H3,(H,21,22)/b15-9-,17-11-. The predicted molar refractivity (Wildman–Crippen MR) is 93.8 cm³/mol. The van der Waals surface area contributed by atoms with E-state index in [1.165, 1.54) is 11.1 Å². The van der Waals surface area contributed by atoms with Crippen molar-refractivity contribution in [2.24, 2.45) is 17.8 Å². The largest absolute Gasteiger partial charge is 0.481 e. The molecule has 3 atom stereocenters. The van der Waals surface area contributed by atoms with E-state index in [1.54, 1.807) is 0 Å². The molecule has 0 aromatic carbocycles. The minimum Gasteiger partial charge on any atom is -0.481 e. The summed E-state index contributed by atoms with van der Waals surface area (Å²) in [6.07, 6.45) is 11.6. The van der Waals surface area contributed by atoms with Gasteiger partial charge in [0.25, 0.3) is 0 Å². The Bertz CT molecular complexity index is 464. The van der Waals surface area contributed by atoms with Crippen LogP contribution in [0.1, 0.15) is 66.7 Å². The van der Waals surface area contributed by atoms with Gasteiger partial charge < -0.3 is 5.11 Å². The molecule has 0 spiro atoms. The SMILES string of the molecule is CC(C)=CCCC(C)C1CC/C(C)=C\C/C=C(/C)C1C(=O)O. The lowest BCUT2D eigenvalue weighted by atomic mass is 9.74. The number of carbonyl (C=O) groups is 1. The molecule has 2 heteroatoms. The molecule has 1 aliphatic carbocycles. The quantitative estimate of drug-likeness (QED) is 0.655. The molecule has 0 saturated heterocycles. The van der Waals surface area contributed by atoms with Crippen LogP contribution in [0.4, 0.5) is 0 Å². The molecule has 2 nitrogen and oxygen atoms in total. The number of carboxylic acids is 1. The van der Waals surface area contributed by atoms with Gasteiger partial charge in [0.05, 0.1) is 5.92 Å². The number of allylic oxidation sites excluding steroid dienone is 5. The Balaban J connectivity index is 2.94. The van der Waals surface area contributed by atoms with Crippen LogP contribution in [0, 0.1) is 17.8 Å². The molecular weight excluding hydrogens is 272 g/mol. The zero-order valence-corrected chi connectivity index (χ0v) is 14.9. The van der Waals surface area contributed by atoms with Crippen LogP contribution in [0.3, 0.4) is 0 Å². The third-order valence-corrected chi connectivity index (χ3v) is 4.87. The van der Waals surface area contributed by atoms with Crippen molar-refractivity contribution in [3.8, 4) is 0 Å². The predicted octanol–water partition coefficient (Wildman–Crippen LogP) is 5.76. The van der Waals surface area contributed by atoms with Gasteiger partial charge in [-0.3, -0.25) is 4.79 Å². The van der Waals surface area contributed by atoms with E-state index in [9.17, 15) is 9.90 Å². The van der Waals surface area contributed by atoms with Crippen molar-refractivity contribution >= 4 is 5.97 Å². The minimum atomic E-state index is -0.660. The van der Waals surface area contributed by atoms with Gasteiger partial charge in [0.1, 0.15) is 0 Å². The van der Waals surface area contributed by atoms with Gasteiger partial charge in [0, 0.05) is 0 Å². The fourth-order valence-electron chi connectivity index (χ4n) is 3.41. The summed E-state index contributed by atoms with van der Waals surface area (Å²) in [5, 5.41) is 9.75. The highest BCUT2D eigenvalue weighted by molar-refractivity contribution is 5.74. The molecule has 22 heavy (non-hydrogen) atoms. The second-order valence-electron chi connectivity index (χ2n) is 7.09. The van der Waals surface area contributed by atoms with E-state index in [4.69, 9.17) is 0 Å². The first kappa shape index (κ1) is 18.7. The Kier molecular flexibility index (Phi) is 7.64. The number of aliphatic carboxylic acids is 1. The van der Waals surface area contributed by atoms with Gasteiger partial charge in [-0.2, -0.15) is 0 Å². The number of hydrogen-bond acceptors (Lipinski definition) is 1. The molecule has 0 aromatic heterocycles. The highest BCUT2D eigenvalue weighted by Gasteiger charge is 2.33. The van der Waals surface area contributed by atoms with Crippen LogP contribution in [0.5, 0.6) is 0 Å². The van der Waals surface area contributed by atoms with E-state index in [0.717, 1.165) is 37.7 Å². The molecule has 1 aliphatic rings. The normalized spacial score (nSPS) is 29.0. The monoisotopic (exact) mass is 304 g/mol. The number of carboxylic acid groups (broad SMARTS) is 1. The van der Waals surface area contributed by atoms with E-state index >= 15 is 0 Å². The molecule has 1 N–H and O–H groups in total. The summed E-state index contributed by atoms with van der Waals surface area (Å²) in [7, 11) is 0. The molecule has 124 valence electrons. The van der Waals surface area contributed by atoms with Crippen LogP contribution in [-0.2, 0) is 4.79 Å². The minimum absolute atomic E-state index is 0.223. The van der Waals surface area contributed by atoms with Crippen LogP contribution in [0.25, 0.3) is 0 Å². The van der Waals surface area contributed by atoms with Crippen molar-refractivity contribution in [3.63, 3.8) is 0 Å². The topological polar surface area (TPSA) is 37.3 Å². The smallest absolute Gasteiger partial charge is 0.310 e. The highest BCUT2D eigenvalue weighted by Crippen LogP contribution is 2.36. The van der Waals surface area contributed by atoms with Crippen LogP contribution >= 0.6 is 0 Å². The fourth-order valence-corrected chi connectivity index (χ4v) is 3.41. The number of rotatable bonds is 5. The molecule has 1 rings (SSSR count). The van der Waals surface area contributed by atoms with Crippen LogP contribution in [0.15, 0.2) is 34.9 Å². The van der Waals surface area contributed by atoms with Gasteiger partial charge in [-0.1, -0.05) is 41.9 Å². The van der Waals surface area contributed by atoms with Gasteiger partial charge in [-0.05, 0) is 71.6 Å². The summed E-state index contributed by atoms with van der Waals surface area (Å²) >= 11 is 0. The third kappa shape index (κ3) is 5.82. The fraction of sp³-hybridized carbons (Fsp3) is 0.650. The third-order valence-electron chi connectivity index (χ3n) is 4.87. The van der Waals surface area contributed by atoms with E-state index in [1.807, 2.05) is 6.92 Å². The number of hydrogen-bond donors (Lipinski definition) is 1. The Labute approximate surface area is 136 Å². The maximum absolute atomic E-state index is 11.9. The Morgan fingerprint density at radius 1 is 1.36 bits per heavy atom. The molecule has 0 saturated carbocycles. The Morgan fingerprint density at radius 2 is 2.05 bits per heavy atom. The second-order valence-corrected chi connectivity index (χ2v) is 7.09. The van der Waals surface area contributed by atoms with Crippen molar-refractivity contribution in [3.05, 3.63) is 34.9 Å². The molecular formula is C20H32O2. The lowest BCUT2D eigenvalue weighted by molar-refractivity contribution is -0.142. The Hall–Kier alpha value is -1.31. The molecule has 0 bridgehead atoms. The summed E-state index contributed by atoms with van der Waals surface area (Å²) in [5.74, 6) is -0.347. The lowest BCUT2D eigenvalue weighted by Gasteiger charge is -2.30. The first-order valence-electron chi connectivity index (χ1n) is 8.51. The zero-order valence-electron chi connectivity index (χ0n) is 14.9. The lowest BCUT2D eigenvalue weighted by Crippen LogP contribution is -2.29. The summed E-state index contributed by atoms with van der Waals surface area (Å²) in [5.41, 5.74) is 3.75. The summed E-state index contributed by atoms with van der Waals surface area (Å²) in [6, 6.07) is 0. The summed E-state index contributed by atoms with van der Waals surface area (Å²) in [4.78, 5) is 11.9. The van der Waals surface area contributed by atoms with Crippen LogP contribution < -0.4 is 0 Å². The van der Waals surface area contributed by atoms with Gasteiger partial charge in [0.15, 0.2) is 0 Å². The molecule has 0 aromatic rings. The average molecular weight is 304 g/mol. The van der Waals surface area contributed by atoms with Gasteiger partial charge in [0.2, 0.25) is 0 Å². The van der Waals surface area contributed by atoms with Crippen molar-refractivity contribution in [1.29, 1.82) is 0 Å². The van der Waals surface area contributed by atoms with E-state index in [-0.39, 0.29) is 11.8 Å². The van der Waals surface area contributed by atoms with Crippen molar-refractivity contribution < 1.29 is 9.90 Å². The van der Waals surface area contributed by atoms with Crippen molar-refractivity contribution in [1.82, 2.24) is 0 Å². The highest BCUT2D eigenvalue weighted by atomic mass is 16.4. The maximum Gasteiger partial charge on any atom is 0.310 e. The molecule has 0 fully saturated rings. The molecule has 0 amide bonds. The summed E-state index contributed by atoms with van der Waals surface area (Å²) < 4.78 is 0. The summed E-state index contributed by atoms with van der Waals surface area (Å²) in [6.45, 7) is 10.6. The molecule has 0 aliphatic heterocycles. The maximum atomic E-state index is 11.9. The van der Waals surface area contributed by atoms with Gasteiger partial charge in [-0.25, -0.2) is 0 Å². The van der Waals surface area contributed by atoms with Gasteiger partial charge in [-0.15, -0.1) is 0 Å². The molecule has 3 unspecified atom stereocenters. The van der Waals surface area contributed by atoms with E-state index in [2.05, 4.69) is 45.9 Å². The van der Waals surface area contributed by atoms with Crippen molar-refractivity contribution in [2.45, 2.75) is 66.7 Å². The second kappa shape index (κ2) is 8.97. The van der Waals surface area contributed by atoms with E-state index in [0.29, 0.717) is 5.92 Å². The molecule has 0 radical (unpaired) electrons. The first-order chi connectivity index (χ1) is 10.3. The Morgan fingerprint density at radius 3 is 2.64 bits per heavy atom. The first-order valence-corrected chi connectivity index (χ1v) is 8.51. The molecule has 0 heterocycles. The van der Waals surface area contributed by atoms with Crippen LogP contribution in [-0.4, -0.2) is 11.1 Å². The average Bonchev–Trinajstić information content (AvgIpc) is 2.48. The van der Waals surface area contributed by atoms with Gasteiger partial charge >= 0.3 is 5.97 Å². The van der Waals surface area contributed by atoms with Crippen molar-refractivity contribution in [2.75, 3.05) is 0 Å². The zero-order chi connectivity index (χ0) is 16.7. The van der Waals surface area contributed by atoms with Crippen LogP contribution in [0.2, 0.25) is 0 Å².